The van der Waals surface area contributed by atoms with Crippen LogP contribution < -0.4 is 15.0 Å². The smallest absolute Gasteiger partial charge is 0.161 e. The van der Waals surface area contributed by atoms with Crippen LogP contribution in [0.5, 0.6) is 5.75 Å². The van der Waals surface area contributed by atoms with E-state index in [1.54, 1.807) is 0 Å². The van der Waals surface area contributed by atoms with Crippen LogP contribution in [0.15, 0.2) is 30.3 Å². The van der Waals surface area contributed by atoms with Crippen molar-refractivity contribution >= 4 is 5.82 Å². The molecule has 1 unspecified atom stereocenters. The zero-order valence-corrected chi connectivity index (χ0v) is 23.0. The molecule has 9 heteroatoms. The van der Waals surface area contributed by atoms with Gasteiger partial charge in [-0.3, -0.25) is 4.68 Å². The van der Waals surface area contributed by atoms with Gasteiger partial charge in [0.1, 0.15) is 24.3 Å². The highest BCUT2D eigenvalue weighted by Crippen LogP contribution is 2.33. The molecule has 2 aliphatic rings. The van der Waals surface area contributed by atoms with E-state index in [0.29, 0.717) is 30.1 Å². The van der Waals surface area contributed by atoms with E-state index in [-0.39, 0.29) is 6.61 Å². The first-order valence-corrected chi connectivity index (χ1v) is 13.7. The van der Waals surface area contributed by atoms with Gasteiger partial charge in [-0.25, -0.2) is 9.97 Å². The summed E-state index contributed by atoms with van der Waals surface area (Å²) < 4.78 is 13.7. The normalized spacial score (nSPS) is 20.3. The molecule has 38 heavy (non-hydrogen) atoms. The highest BCUT2D eigenvalue weighted by Gasteiger charge is 2.29. The van der Waals surface area contributed by atoms with Gasteiger partial charge in [-0.2, -0.15) is 5.10 Å². The van der Waals surface area contributed by atoms with Gasteiger partial charge in [-0.1, -0.05) is 12.1 Å². The summed E-state index contributed by atoms with van der Waals surface area (Å²) in [5.41, 5.74) is 5.41. The van der Waals surface area contributed by atoms with Crippen molar-refractivity contribution in [3.05, 3.63) is 53.0 Å². The molecular formula is C29H40N6O3. The molecule has 2 aliphatic heterocycles. The van der Waals surface area contributed by atoms with Crippen molar-refractivity contribution in [2.24, 2.45) is 5.92 Å². The number of hydrogen-bond acceptors (Lipinski definition) is 8. The van der Waals surface area contributed by atoms with Gasteiger partial charge in [0, 0.05) is 55.4 Å². The van der Waals surface area contributed by atoms with E-state index >= 15 is 0 Å². The zero-order valence-electron chi connectivity index (χ0n) is 23.0. The summed E-state index contributed by atoms with van der Waals surface area (Å²) in [5, 5.41) is 17.8. The van der Waals surface area contributed by atoms with Gasteiger partial charge >= 0.3 is 0 Å². The summed E-state index contributed by atoms with van der Waals surface area (Å²) in [5.74, 6) is 2.88. The lowest BCUT2D eigenvalue weighted by atomic mass is 9.99. The Morgan fingerprint density at radius 1 is 1.18 bits per heavy atom. The molecule has 0 aliphatic carbocycles. The molecule has 3 aromatic rings. The minimum absolute atomic E-state index is 0.221. The number of rotatable bonds is 10. The average Bonchev–Trinajstić information content (AvgIpc) is 3.66. The fourth-order valence-corrected chi connectivity index (χ4v) is 5.56. The van der Waals surface area contributed by atoms with Crippen LogP contribution in [0.2, 0.25) is 0 Å². The van der Waals surface area contributed by atoms with Crippen LogP contribution in [-0.4, -0.2) is 77.5 Å². The number of anilines is 1. The number of aryl methyl sites for hydroxylation is 2. The molecule has 5 rings (SSSR count). The lowest BCUT2D eigenvalue weighted by Gasteiger charge is -2.23. The summed E-state index contributed by atoms with van der Waals surface area (Å²) >= 11 is 0. The van der Waals surface area contributed by atoms with E-state index < -0.39 is 6.10 Å². The van der Waals surface area contributed by atoms with Crippen molar-refractivity contribution in [2.75, 3.05) is 51.4 Å². The molecule has 2 saturated heterocycles. The number of aliphatic hydroxyl groups excluding tert-OH is 1. The molecule has 1 aromatic carbocycles. The van der Waals surface area contributed by atoms with Gasteiger partial charge in [-0.05, 0) is 71.2 Å². The quantitative estimate of drug-likeness (QED) is 0.421. The van der Waals surface area contributed by atoms with Gasteiger partial charge in [-0.15, -0.1) is 0 Å². The molecule has 2 N–H and O–H groups in total. The fraction of sp³-hybridized carbons (Fsp3) is 0.552. The number of likely N-dealkylation sites (N-methyl/N-ethyl adjacent to an activating group) is 1. The van der Waals surface area contributed by atoms with Crippen LogP contribution in [0, 0.1) is 26.7 Å². The second kappa shape index (κ2) is 11.8. The Kier molecular flexibility index (Phi) is 8.26. The van der Waals surface area contributed by atoms with Crippen LogP contribution in [-0.2, 0) is 11.2 Å². The first-order chi connectivity index (χ1) is 18.4. The van der Waals surface area contributed by atoms with Crippen molar-refractivity contribution in [1.29, 1.82) is 0 Å². The van der Waals surface area contributed by atoms with Gasteiger partial charge in [0.25, 0.3) is 0 Å². The lowest BCUT2D eigenvalue weighted by molar-refractivity contribution is 0.108. The molecule has 0 radical (unpaired) electrons. The third kappa shape index (κ3) is 6.00. The lowest BCUT2D eigenvalue weighted by Crippen LogP contribution is -2.29. The minimum Gasteiger partial charge on any atom is -0.491 e. The Balaban J connectivity index is 1.44. The number of hydrogen-bond donors (Lipinski definition) is 2. The average molecular weight is 521 g/mol. The van der Waals surface area contributed by atoms with E-state index in [0.717, 1.165) is 73.9 Å². The predicted octanol–water partition coefficient (Wildman–Crippen LogP) is 3.25. The summed E-state index contributed by atoms with van der Waals surface area (Å²) in [7, 11) is 1.81. The molecule has 3 atom stereocenters. The van der Waals surface area contributed by atoms with E-state index in [1.165, 1.54) is 5.69 Å². The fourth-order valence-electron chi connectivity index (χ4n) is 5.56. The molecule has 0 amide bonds. The second-order valence-electron chi connectivity index (χ2n) is 10.7. The van der Waals surface area contributed by atoms with Crippen molar-refractivity contribution < 1.29 is 14.6 Å². The van der Waals surface area contributed by atoms with Crippen molar-refractivity contribution in [3.63, 3.8) is 0 Å². The third-order valence-corrected chi connectivity index (χ3v) is 7.55. The number of nitrogens with zero attached hydrogens (tertiary/aromatic N) is 5. The van der Waals surface area contributed by atoms with E-state index in [4.69, 9.17) is 24.5 Å². The molecule has 4 heterocycles. The van der Waals surface area contributed by atoms with E-state index in [1.807, 2.05) is 31.3 Å². The van der Waals surface area contributed by atoms with E-state index in [9.17, 15) is 5.11 Å². The standard InChI is InChI=1S/C29H40N6O3/c1-19-12-20(2)35(33-19)24-8-10-34(16-24)29-21(3)27(13-22-9-11-37-17-22)31-28(32-29)23-6-5-7-26(14-23)38-18-25(36)15-30-4/h5-7,12,14,22,24-25,30,36H,8-11,13,15-18H2,1-4H3/t22-,24+,25?/m0/s1. The first-order valence-electron chi connectivity index (χ1n) is 13.7. The summed E-state index contributed by atoms with van der Waals surface area (Å²) in [6, 6.07) is 10.3. The highest BCUT2D eigenvalue weighted by molar-refractivity contribution is 5.62. The second-order valence-corrected chi connectivity index (χ2v) is 10.7. The maximum absolute atomic E-state index is 10.0. The van der Waals surface area contributed by atoms with Crippen LogP contribution >= 0.6 is 0 Å². The Labute approximate surface area is 225 Å². The number of aliphatic hydroxyl groups is 1. The van der Waals surface area contributed by atoms with Crippen LogP contribution in [0.3, 0.4) is 0 Å². The molecule has 0 saturated carbocycles. The van der Waals surface area contributed by atoms with Crippen molar-refractivity contribution in [2.45, 2.75) is 52.2 Å². The Hall–Kier alpha value is -3.01. The first kappa shape index (κ1) is 26.6. The molecule has 0 bridgehead atoms. The Morgan fingerprint density at radius 2 is 2.05 bits per heavy atom. The zero-order chi connectivity index (χ0) is 26.6. The molecule has 9 nitrogen and oxygen atoms in total. The Morgan fingerprint density at radius 3 is 2.79 bits per heavy atom. The predicted molar refractivity (Wildman–Crippen MR) is 148 cm³/mol. The topological polar surface area (TPSA) is 97.6 Å². The van der Waals surface area contributed by atoms with Crippen LogP contribution in [0.1, 0.15) is 41.5 Å². The number of nitrogens with one attached hydrogen (secondary N) is 1. The maximum Gasteiger partial charge on any atom is 0.161 e. The summed E-state index contributed by atoms with van der Waals surface area (Å²) in [6.07, 6.45) is 2.41. The largest absolute Gasteiger partial charge is 0.491 e. The third-order valence-electron chi connectivity index (χ3n) is 7.55. The van der Waals surface area contributed by atoms with Crippen molar-refractivity contribution in [3.8, 4) is 17.1 Å². The van der Waals surface area contributed by atoms with Gasteiger partial charge in [0.15, 0.2) is 5.82 Å². The maximum atomic E-state index is 10.0. The molecule has 204 valence electrons. The van der Waals surface area contributed by atoms with Gasteiger partial charge in [0.05, 0.1) is 11.7 Å². The highest BCUT2D eigenvalue weighted by atomic mass is 16.5. The number of benzene rings is 1. The van der Waals surface area contributed by atoms with Gasteiger partial charge < -0.3 is 24.8 Å². The van der Waals surface area contributed by atoms with Crippen molar-refractivity contribution in [1.82, 2.24) is 25.1 Å². The van der Waals surface area contributed by atoms with Gasteiger partial charge in [0.2, 0.25) is 0 Å². The summed E-state index contributed by atoms with van der Waals surface area (Å²) in [6.45, 7) is 10.5. The van der Waals surface area contributed by atoms with Crippen LogP contribution in [0.4, 0.5) is 5.82 Å². The molecular weight excluding hydrogens is 480 g/mol. The molecule has 0 spiro atoms. The molecule has 2 aromatic heterocycles. The Bertz CT molecular complexity index is 1240. The number of aromatic nitrogens is 4. The van der Waals surface area contributed by atoms with Crippen LogP contribution in [0.25, 0.3) is 11.4 Å². The minimum atomic E-state index is -0.573. The monoisotopic (exact) mass is 520 g/mol. The summed E-state index contributed by atoms with van der Waals surface area (Å²) in [4.78, 5) is 12.6. The number of ether oxygens (including phenoxy) is 2. The van der Waals surface area contributed by atoms with E-state index in [2.05, 4.69) is 41.7 Å². The SMILES string of the molecule is CNCC(O)COc1cccc(-c2nc(C[C@@H]3CCOC3)c(C)c(N3CC[C@@H](n4nc(C)cc4C)C3)n2)c1. The molecule has 2 fully saturated rings.